The fraction of sp³-hybridized carbons (Fsp3) is 0.333. The number of H-pyrrole nitrogens is 1. The first-order valence-electron chi connectivity index (χ1n) is 8.71. The largest absolute Gasteiger partial charge is 0.354 e. The Labute approximate surface area is 149 Å². The van der Waals surface area contributed by atoms with Gasteiger partial charge in [-0.3, -0.25) is 0 Å². The number of hydrogen-bond donors (Lipinski definition) is 2. The number of para-hydroxylation sites is 1. The van der Waals surface area contributed by atoms with Crippen LogP contribution in [0.25, 0.3) is 22.2 Å². The zero-order valence-electron chi connectivity index (χ0n) is 14.4. The highest BCUT2D eigenvalue weighted by atomic mass is 35.5. The van der Waals surface area contributed by atoms with Crippen LogP contribution in [0.1, 0.15) is 43.7 Å². The number of nitrogens with two attached hydrogens (primary N) is 1. The monoisotopic (exact) mass is 340 g/mol. The second kappa shape index (κ2) is 7.42. The molecule has 0 amide bonds. The van der Waals surface area contributed by atoms with Crippen LogP contribution >= 0.6 is 11.6 Å². The SMILES string of the molecule is CC(C)c1cccc2c(CCCCN)c(-c3cccc(Cl)c3)[nH]c12. The number of aromatic nitrogens is 1. The molecule has 3 heteroatoms. The predicted octanol–water partition coefficient (Wildman–Crippen LogP) is 5.89. The van der Waals surface area contributed by atoms with E-state index in [0.717, 1.165) is 36.4 Å². The lowest BCUT2D eigenvalue weighted by atomic mass is 9.96. The number of rotatable bonds is 6. The molecule has 0 saturated heterocycles. The lowest BCUT2D eigenvalue weighted by Gasteiger charge is -2.07. The van der Waals surface area contributed by atoms with E-state index >= 15 is 0 Å². The van der Waals surface area contributed by atoms with Crippen LogP contribution in [0.15, 0.2) is 42.5 Å². The first kappa shape index (κ1) is 17.1. The summed E-state index contributed by atoms with van der Waals surface area (Å²) in [4.78, 5) is 3.69. The quantitative estimate of drug-likeness (QED) is 0.539. The Balaban J connectivity index is 2.18. The normalized spacial score (nSPS) is 11.5. The van der Waals surface area contributed by atoms with Crippen molar-refractivity contribution in [1.82, 2.24) is 4.98 Å². The molecule has 1 heterocycles. The van der Waals surface area contributed by atoms with Crippen LogP contribution in [0.5, 0.6) is 0 Å². The van der Waals surface area contributed by atoms with E-state index in [1.54, 1.807) is 0 Å². The van der Waals surface area contributed by atoms with E-state index in [4.69, 9.17) is 17.3 Å². The average Bonchev–Trinajstić information content (AvgIpc) is 2.94. The molecule has 126 valence electrons. The van der Waals surface area contributed by atoms with E-state index < -0.39 is 0 Å². The van der Waals surface area contributed by atoms with Crippen molar-refractivity contribution < 1.29 is 0 Å². The molecule has 0 unspecified atom stereocenters. The lowest BCUT2D eigenvalue weighted by Crippen LogP contribution is -1.99. The summed E-state index contributed by atoms with van der Waals surface area (Å²) in [5.41, 5.74) is 12.0. The number of fused-ring (bicyclic) bond motifs is 1. The molecular weight excluding hydrogens is 316 g/mol. The van der Waals surface area contributed by atoms with Crippen LogP contribution in [-0.4, -0.2) is 11.5 Å². The molecule has 0 saturated carbocycles. The van der Waals surface area contributed by atoms with Gasteiger partial charge >= 0.3 is 0 Å². The number of aryl methyl sites for hydroxylation is 1. The van der Waals surface area contributed by atoms with Gasteiger partial charge < -0.3 is 10.7 Å². The lowest BCUT2D eigenvalue weighted by molar-refractivity contribution is 0.748. The van der Waals surface area contributed by atoms with Crippen molar-refractivity contribution >= 4 is 22.5 Å². The van der Waals surface area contributed by atoms with Gasteiger partial charge in [0.25, 0.3) is 0 Å². The highest BCUT2D eigenvalue weighted by molar-refractivity contribution is 6.30. The summed E-state index contributed by atoms with van der Waals surface area (Å²) in [6, 6.07) is 14.7. The van der Waals surface area contributed by atoms with E-state index in [0.29, 0.717) is 5.92 Å². The summed E-state index contributed by atoms with van der Waals surface area (Å²) in [6.07, 6.45) is 3.18. The van der Waals surface area contributed by atoms with Crippen LogP contribution < -0.4 is 5.73 Å². The molecule has 0 spiro atoms. The van der Waals surface area contributed by atoms with Gasteiger partial charge in [0, 0.05) is 21.6 Å². The summed E-state index contributed by atoms with van der Waals surface area (Å²) >= 11 is 6.22. The van der Waals surface area contributed by atoms with Crippen molar-refractivity contribution in [2.75, 3.05) is 6.54 Å². The van der Waals surface area contributed by atoms with Crippen molar-refractivity contribution in [3.8, 4) is 11.3 Å². The van der Waals surface area contributed by atoms with Gasteiger partial charge in [-0.05, 0) is 60.5 Å². The number of benzene rings is 2. The first-order valence-corrected chi connectivity index (χ1v) is 9.09. The number of nitrogens with one attached hydrogen (secondary N) is 1. The zero-order chi connectivity index (χ0) is 17.1. The average molecular weight is 341 g/mol. The number of aromatic amines is 1. The van der Waals surface area contributed by atoms with Gasteiger partial charge in [-0.15, -0.1) is 0 Å². The Morgan fingerprint density at radius 3 is 2.58 bits per heavy atom. The minimum atomic E-state index is 0.483. The van der Waals surface area contributed by atoms with Gasteiger partial charge in [0.15, 0.2) is 0 Å². The van der Waals surface area contributed by atoms with Crippen LogP contribution in [0.2, 0.25) is 5.02 Å². The zero-order valence-corrected chi connectivity index (χ0v) is 15.2. The molecule has 3 N–H and O–H groups in total. The van der Waals surface area contributed by atoms with Crippen molar-refractivity contribution in [2.45, 2.75) is 39.0 Å². The third-order valence-electron chi connectivity index (χ3n) is 4.59. The fourth-order valence-corrected chi connectivity index (χ4v) is 3.56. The maximum absolute atomic E-state index is 6.22. The molecule has 0 radical (unpaired) electrons. The second-order valence-electron chi connectivity index (χ2n) is 6.66. The Hall–Kier alpha value is -1.77. The molecule has 0 aliphatic carbocycles. The minimum absolute atomic E-state index is 0.483. The number of hydrogen-bond acceptors (Lipinski definition) is 1. The summed E-state index contributed by atoms with van der Waals surface area (Å²) in [6.45, 7) is 5.22. The smallest absolute Gasteiger partial charge is 0.0497 e. The molecular formula is C21H25ClN2. The van der Waals surface area contributed by atoms with E-state index in [2.05, 4.69) is 43.1 Å². The van der Waals surface area contributed by atoms with Gasteiger partial charge in [-0.25, -0.2) is 0 Å². The first-order chi connectivity index (χ1) is 11.6. The molecule has 0 bridgehead atoms. The summed E-state index contributed by atoms with van der Waals surface area (Å²) in [5, 5.41) is 2.09. The Morgan fingerprint density at radius 2 is 1.88 bits per heavy atom. The second-order valence-corrected chi connectivity index (χ2v) is 7.10. The molecule has 2 nitrogen and oxygen atoms in total. The van der Waals surface area contributed by atoms with Gasteiger partial charge in [0.05, 0.1) is 0 Å². The topological polar surface area (TPSA) is 41.8 Å². The third kappa shape index (κ3) is 3.35. The van der Waals surface area contributed by atoms with E-state index in [9.17, 15) is 0 Å². The van der Waals surface area contributed by atoms with Gasteiger partial charge in [0.1, 0.15) is 0 Å². The van der Waals surface area contributed by atoms with E-state index in [1.165, 1.54) is 27.7 Å². The third-order valence-corrected chi connectivity index (χ3v) is 4.82. The van der Waals surface area contributed by atoms with Gasteiger partial charge in [-0.1, -0.05) is 55.8 Å². The molecule has 3 rings (SSSR count). The Kier molecular flexibility index (Phi) is 5.27. The molecule has 0 atom stereocenters. The van der Waals surface area contributed by atoms with Crippen LogP contribution in [-0.2, 0) is 6.42 Å². The standard InChI is InChI=1S/C21H25ClN2/c1-14(2)17-10-6-11-19-18(9-3-4-12-23)20(24-21(17)19)15-7-5-8-16(22)13-15/h5-8,10-11,13-14,24H,3-4,9,12,23H2,1-2H3. The fourth-order valence-electron chi connectivity index (χ4n) is 3.37. The Bertz CT molecular complexity index is 833. The Morgan fingerprint density at radius 1 is 1.08 bits per heavy atom. The van der Waals surface area contributed by atoms with E-state index in [1.807, 2.05) is 18.2 Å². The van der Waals surface area contributed by atoms with Crippen molar-refractivity contribution in [2.24, 2.45) is 5.73 Å². The van der Waals surface area contributed by atoms with Crippen molar-refractivity contribution in [1.29, 1.82) is 0 Å². The van der Waals surface area contributed by atoms with Gasteiger partial charge in [-0.2, -0.15) is 0 Å². The molecule has 0 aliphatic heterocycles. The van der Waals surface area contributed by atoms with Crippen LogP contribution in [0.3, 0.4) is 0 Å². The summed E-state index contributed by atoms with van der Waals surface area (Å²) in [5.74, 6) is 0.483. The molecule has 0 aliphatic rings. The van der Waals surface area contributed by atoms with Crippen LogP contribution in [0, 0.1) is 0 Å². The molecule has 24 heavy (non-hydrogen) atoms. The van der Waals surface area contributed by atoms with E-state index in [-0.39, 0.29) is 0 Å². The number of unbranched alkanes of at least 4 members (excludes halogenated alkanes) is 1. The highest BCUT2D eigenvalue weighted by Crippen LogP contribution is 2.35. The van der Waals surface area contributed by atoms with Crippen molar-refractivity contribution in [3.05, 3.63) is 58.6 Å². The molecule has 1 aromatic heterocycles. The maximum atomic E-state index is 6.22. The maximum Gasteiger partial charge on any atom is 0.0497 e. The van der Waals surface area contributed by atoms with Crippen LogP contribution in [0.4, 0.5) is 0 Å². The minimum Gasteiger partial charge on any atom is -0.354 e. The van der Waals surface area contributed by atoms with Crippen molar-refractivity contribution in [3.63, 3.8) is 0 Å². The summed E-state index contributed by atoms with van der Waals surface area (Å²) < 4.78 is 0. The van der Waals surface area contributed by atoms with Gasteiger partial charge in [0.2, 0.25) is 0 Å². The number of halogens is 1. The summed E-state index contributed by atoms with van der Waals surface area (Å²) in [7, 11) is 0. The molecule has 0 fully saturated rings. The highest BCUT2D eigenvalue weighted by Gasteiger charge is 2.16. The predicted molar refractivity (Wildman–Crippen MR) is 105 cm³/mol. The molecule has 2 aromatic carbocycles. The molecule has 3 aromatic rings.